The van der Waals surface area contributed by atoms with Crippen LogP contribution in [0.2, 0.25) is 13.1 Å². The van der Waals surface area contributed by atoms with Gasteiger partial charge in [-0.05, 0) is 24.5 Å². The standard InChI is InChI=1S/C23H29PSi/c1-18-19(2)23(3,4)17-22(18)25(5,6)24(20-13-9-7-10-14-20)21-15-11-8-12-16-21/h7-17H,1-6H3. The van der Waals surface area contributed by atoms with Crippen molar-refractivity contribution in [2.75, 3.05) is 0 Å². The molecule has 3 rings (SSSR count). The Morgan fingerprint density at radius 3 is 1.56 bits per heavy atom. The number of hydrogen-bond donors (Lipinski definition) is 0. The minimum absolute atomic E-state index is 0.193. The van der Waals surface area contributed by atoms with E-state index >= 15 is 0 Å². The van der Waals surface area contributed by atoms with Crippen LogP contribution in [0.3, 0.4) is 0 Å². The molecule has 0 aliphatic heterocycles. The molecule has 0 radical (unpaired) electrons. The summed E-state index contributed by atoms with van der Waals surface area (Å²) in [5.41, 5.74) is 3.28. The highest BCUT2D eigenvalue weighted by Crippen LogP contribution is 2.54. The Morgan fingerprint density at radius 2 is 1.20 bits per heavy atom. The summed E-state index contributed by atoms with van der Waals surface area (Å²) in [6.45, 7) is 14.5. The summed E-state index contributed by atoms with van der Waals surface area (Å²) in [6.07, 6.45) is 2.57. The molecule has 0 fully saturated rings. The first-order valence-corrected chi connectivity index (χ1v) is 14.3. The van der Waals surface area contributed by atoms with E-state index in [0.29, 0.717) is 0 Å². The minimum Gasteiger partial charge on any atom is -0.0748 e. The zero-order chi connectivity index (χ0) is 18.2. The van der Waals surface area contributed by atoms with E-state index in [0.717, 1.165) is 0 Å². The summed E-state index contributed by atoms with van der Waals surface area (Å²) in [4.78, 5) is 0. The Labute approximate surface area is 155 Å². The molecule has 0 bridgehead atoms. The summed E-state index contributed by atoms with van der Waals surface area (Å²) in [7, 11) is -2.06. The van der Waals surface area contributed by atoms with Gasteiger partial charge >= 0.3 is 0 Å². The molecule has 0 nitrogen and oxygen atoms in total. The van der Waals surface area contributed by atoms with Gasteiger partial charge in [0.15, 0.2) is 0 Å². The van der Waals surface area contributed by atoms with Gasteiger partial charge in [-0.2, -0.15) is 0 Å². The molecule has 1 aliphatic carbocycles. The molecule has 0 saturated heterocycles. The van der Waals surface area contributed by atoms with Crippen LogP contribution in [0.1, 0.15) is 27.7 Å². The largest absolute Gasteiger partial charge is 0.117 e. The van der Waals surface area contributed by atoms with Gasteiger partial charge in [0.1, 0.15) is 7.74 Å². The van der Waals surface area contributed by atoms with Gasteiger partial charge in [0.05, 0.1) is 0 Å². The summed E-state index contributed by atoms with van der Waals surface area (Å²) in [5, 5.41) is 4.68. The minimum atomic E-state index is -1.71. The van der Waals surface area contributed by atoms with Crippen LogP contribution >= 0.6 is 7.47 Å². The van der Waals surface area contributed by atoms with Crippen molar-refractivity contribution >= 4 is 25.8 Å². The average Bonchev–Trinajstić information content (AvgIpc) is 2.80. The van der Waals surface area contributed by atoms with Gasteiger partial charge in [-0.25, -0.2) is 0 Å². The lowest BCUT2D eigenvalue weighted by Gasteiger charge is -2.36. The lowest BCUT2D eigenvalue weighted by Crippen LogP contribution is -2.36. The molecule has 2 aromatic carbocycles. The number of benzene rings is 2. The molecule has 0 amide bonds. The normalized spacial score (nSPS) is 17.2. The fourth-order valence-electron chi connectivity index (χ4n) is 3.97. The highest BCUT2D eigenvalue weighted by Gasteiger charge is 2.42. The third-order valence-electron chi connectivity index (χ3n) is 5.69. The van der Waals surface area contributed by atoms with Crippen molar-refractivity contribution in [2.24, 2.45) is 5.41 Å². The van der Waals surface area contributed by atoms with Gasteiger partial charge in [0, 0.05) is 5.41 Å². The van der Waals surface area contributed by atoms with Crippen LogP contribution in [0.15, 0.2) is 83.1 Å². The van der Waals surface area contributed by atoms with E-state index in [2.05, 4.69) is 108 Å². The molecule has 0 atom stereocenters. The quantitative estimate of drug-likeness (QED) is 0.450. The summed E-state index contributed by atoms with van der Waals surface area (Å²) < 4.78 is 0. The predicted octanol–water partition coefficient (Wildman–Crippen LogP) is 6.17. The third kappa shape index (κ3) is 3.33. The van der Waals surface area contributed by atoms with Crippen LogP contribution in [0.4, 0.5) is 0 Å². The molecule has 0 spiro atoms. The van der Waals surface area contributed by atoms with Gasteiger partial charge in [-0.15, -0.1) is 0 Å². The highest BCUT2D eigenvalue weighted by molar-refractivity contribution is 8.05. The van der Waals surface area contributed by atoms with E-state index in [-0.39, 0.29) is 12.9 Å². The lowest BCUT2D eigenvalue weighted by molar-refractivity contribution is 0.588. The van der Waals surface area contributed by atoms with Gasteiger partial charge in [-0.3, -0.25) is 0 Å². The van der Waals surface area contributed by atoms with Crippen LogP contribution in [0.25, 0.3) is 0 Å². The second-order valence-corrected chi connectivity index (χ2v) is 18.2. The Morgan fingerprint density at radius 1 is 0.760 bits per heavy atom. The molecule has 0 unspecified atom stereocenters. The highest BCUT2D eigenvalue weighted by atomic mass is 31.4. The molecule has 25 heavy (non-hydrogen) atoms. The molecule has 1 aliphatic rings. The molecular formula is C23H29PSi. The van der Waals surface area contributed by atoms with Crippen molar-refractivity contribution in [2.45, 2.75) is 40.8 Å². The van der Waals surface area contributed by atoms with E-state index in [1.54, 1.807) is 16.3 Å². The van der Waals surface area contributed by atoms with Crippen LogP contribution in [0, 0.1) is 5.41 Å². The van der Waals surface area contributed by atoms with Crippen LogP contribution < -0.4 is 10.6 Å². The lowest BCUT2D eigenvalue weighted by atomic mass is 9.88. The van der Waals surface area contributed by atoms with Crippen molar-refractivity contribution in [1.82, 2.24) is 0 Å². The van der Waals surface area contributed by atoms with Crippen LogP contribution in [0.5, 0.6) is 0 Å². The van der Waals surface area contributed by atoms with Gasteiger partial charge in [-0.1, -0.05) is 117 Å². The average molecular weight is 365 g/mol. The molecule has 0 N–H and O–H groups in total. The van der Waals surface area contributed by atoms with E-state index in [4.69, 9.17) is 0 Å². The summed E-state index contributed by atoms with van der Waals surface area (Å²) in [6, 6.07) is 22.4. The SMILES string of the molecule is CC1=C(C)C(C)(C)C=C1[Si](C)(C)P(c1ccccc1)c1ccccc1. The smallest absolute Gasteiger partial charge is 0.0748 e. The van der Waals surface area contributed by atoms with Gasteiger partial charge in [0.25, 0.3) is 0 Å². The molecule has 2 heteroatoms. The molecular weight excluding hydrogens is 335 g/mol. The van der Waals surface area contributed by atoms with E-state index < -0.39 is 7.74 Å². The molecule has 2 aromatic rings. The molecule has 0 heterocycles. The Hall–Kier alpha value is -1.43. The van der Waals surface area contributed by atoms with E-state index in [1.165, 1.54) is 10.6 Å². The predicted molar refractivity (Wildman–Crippen MR) is 117 cm³/mol. The van der Waals surface area contributed by atoms with Crippen LogP contribution in [-0.4, -0.2) is 7.74 Å². The zero-order valence-electron chi connectivity index (χ0n) is 16.3. The van der Waals surface area contributed by atoms with Crippen molar-refractivity contribution in [3.8, 4) is 0 Å². The van der Waals surface area contributed by atoms with Gasteiger partial charge in [0.2, 0.25) is 0 Å². The summed E-state index contributed by atoms with van der Waals surface area (Å²) >= 11 is 0. The van der Waals surface area contributed by atoms with Crippen molar-refractivity contribution < 1.29 is 0 Å². The Balaban J connectivity index is 2.17. The Kier molecular flexibility index (Phi) is 4.92. The monoisotopic (exact) mass is 364 g/mol. The van der Waals surface area contributed by atoms with E-state index in [9.17, 15) is 0 Å². The molecule has 130 valence electrons. The first-order chi connectivity index (χ1) is 11.7. The fourth-order valence-corrected chi connectivity index (χ4v) is 14.7. The number of hydrogen-bond acceptors (Lipinski definition) is 0. The maximum atomic E-state index is 2.57. The van der Waals surface area contributed by atoms with Crippen molar-refractivity contribution in [1.29, 1.82) is 0 Å². The molecule has 0 aromatic heterocycles. The first-order valence-electron chi connectivity index (χ1n) is 9.07. The van der Waals surface area contributed by atoms with Crippen LogP contribution in [-0.2, 0) is 0 Å². The second-order valence-electron chi connectivity index (χ2n) is 8.10. The first kappa shape index (κ1) is 18.4. The second kappa shape index (κ2) is 6.70. The van der Waals surface area contributed by atoms with Crippen molar-refractivity contribution in [3.63, 3.8) is 0 Å². The fraction of sp³-hybridized carbons (Fsp3) is 0.304. The molecule has 0 saturated carbocycles. The Bertz CT molecular complexity index is 774. The van der Waals surface area contributed by atoms with Gasteiger partial charge < -0.3 is 0 Å². The third-order valence-corrected chi connectivity index (χ3v) is 15.9. The van der Waals surface area contributed by atoms with Crippen molar-refractivity contribution in [3.05, 3.63) is 83.1 Å². The number of allylic oxidation sites excluding steroid dienone is 4. The maximum Gasteiger partial charge on any atom is 0.117 e. The number of rotatable bonds is 4. The maximum absolute atomic E-state index is 2.57. The van der Waals surface area contributed by atoms with E-state index in [1.807, 2.05) is 0 Å². The topological polar surface area (TPSA) is 0 Å². The summed E-state index contributed by atoms with van der Waals surface area (Å²) in [5.74, 6) is 0. The zero-order valence-corrected chi connectivity index (χ0v) is 18.2.